The lowest BCUT2D eigenvalue weighted by Crippen LogP contribution is -2.54. The van der Waals surface area contributed by atoms with Crippen LogP contribution < -0.4 is 10.2 Å². The summed E-state index contributed by atoms with van der Waals surface area (Å²) in [4.78, 5) is 21.3. The Balaban J connectivity index is 0.000000279. The van der Waals surface area contributed by atoms with Gasteiger partial charge in [0.15, 0.2) is 5.58 Å². The van der Waals surface area contributed by atoms with Gasteiger partial charge in [0.1, 0.15) is 5.82 Å². The fourth-order valence-electron chi connectivity index (χ4n) is 2.77. The van der Waals surface area contributed by atoms with Crippen molar-refractivity contribution in [2.24, 2.45) is 0 Å². The zero-order valence-electron chi connectivity index (χ0n) is 14.8. The molecule has 3 N–H and O–H groups in total. The maximum Gasteiger partial charge on any atom is 0.328 e. The van der Waals surface area contributed by atoms with E-state index in [1.54, 1.807) is 12.3 Å². The summed E-state index contributed by atoms with van der Waals surface area (Å²) in [5.74, 6) is -2.91. The average molecular weight is 399 g/mol. The number of anilines is 1. The number of furan rings is 1. The summed E-state index contributed by atoms with van der Waals surface area (Å²) in [6.45, 7) is 5.91. The van der Waals surface area contributed by atoms with Crippen molar-refractivity contribution in [1.82, 2.24) is 5.32 Å². The van der Waals surface area contributed by atoms with Gasteiger partial charge in [-0.3, -0.25) is 0 Å². The van der Waals surface area contributed by atoms with E-state index in [0.29, 0.717) is 29.2 Å². The van der Waals surface area contributed by atoms with E-state index in [1.807, 2.05) is 0 Å². The molecule has 0 radical (unpaired) electrons. The Morgan fingerprint density at radius 1 is 1.33 bits per heavy atom. The first kappa shape index (κ1) is 20.7. The second-order valence-electron chi connectivity index (χ2n) is 6.18. The SMILES string of the molecule is C[C@@H]1CN[C@@H](C)CN1c1cc(F)c(Cl)c2ccoc12.O=C(O)/C=C/C(=O)O. The molecule has 1 aliphatic rings. The van der Waals surface area contributed by atoms with Crippen LogP contribution in [0, 0.1) is 5.82 Å². The largest absolute Gasteiger partial charge is 0.478 e. The van der Waals surface area contributed by atoms with Crippen LogP contribution in [0.3, 0.4) is 0 Å². The van der Waals surface area contributed by atoms with Crippen molar-refractivity contribution < 1.29 is 28.6 Å². The lowest BCUT2D eigenvalue weighted by molar-refractivity contribution is -0.134. The Kier molecular flexibility index (Phi) is 6.81. The molecule has 1 fully saturated rings. The third-order valence-electron chi connectivity index (χ3n) is 4.05. The van der Waals surface area contributed by atoms with E-state index in [9.17, 15) is 14.0 Å². The van der Waals surface area contributed by atoms with E-state index in [2.05, 4.69) is 24.1 Å². The van der Waals surface area contributed by atoms with Crippen molar-refractivity contribution in [1.29, 1.82) is 0 Å². The molecule has 146 valence electrons. The minimum absolute atomic E-state index is 0.128. The summed E-state index contributed by atoms with van der Waals surface area (Å²) in [7, 11) is 0. The van der Waals surface area contributed by atoms with Crippen LogP contribution in [-0.2, 0) is 9.59 Å². The normalized spacial score (nSPS) is 19.8. The predicted molar refractivity (Wildman–Crippen MR) is 99.9 cm³/mol. The molecule has 2 heterocycles. The van der Waals surface area contributed by atoms with Gasteiger partial charge in [-0.1, -0.05) is 11.6 Å². The minimum Gasteiger partial charge on any atom is -0.478 e. The molecule has 27 heavy (non-hydrogen) atoms. The predicted octanol–water partition coefficient (Wildman–Crippen LogP) is 3.12. The molecule has 9 heteroatoms. The molecule has 0 saturated carbocycles. The highest BCUT2D eigenvalue weighted by Gasteiger charge is 2.26. The molecule has 0 spiro atoms. The Bertz CT molecular complexity index is 851. The Labute approximate surface area is 160 Å². The Morgan fingerprint density at radius 2 is 1.96 bits per heavy atom. The zero-order chi connectivity index (χ0) is 20.1. The molecule has 3 rings (SSSR count). The Morgan fingerprint density at radius 3 is 2.56 bits per heavy atom. The highest BCUT2D eigenvalue weighted by molar-refractivity contribution is 6.36. The van der Waals surface area contributed by atoms with E-state index in [1.165, 1.54) is 6.07 Å². The summed E-state index contributed by atoms with van der Waals surface area (Å²) >= 11 is 5.98. The number of piperazine rings is 1. The topological polar surface area (TPSA) is 103 Å². The van der Waals surface area contributed by atoms with Crippen LogP contribution in [0.2, 0.25) is 5.02 Å². The first-order valence-corrected chi connectivity index (χ1v) is 8.57. The lowest BCUT2D eigenvalue weighted by atomic mass is 10.1. The molecule has 0 amide bonds. The number of benzene rings is 1. The minimum atomic E-state index is -1.26. The van der Waals surface area contributed by atoms with E-state index in [0.717, 1.165) is 18.8 Å². The number of halogens is 2. The lowest BCUT2D eigenvalue weighted by Gasteiger charge is -2.39. The second-order valence-corrected chi connectivity index (χ2v) is 6.55. The summed E-state index contributed by atoms with van der Waals surface area (Å²) in [5, 5.41) is 19.8. The fraction of sp³-hybridized carbons (Fsp3) is 0.333. The van der Waals surface area contributed by atoms with Crippen LogP contribution in [0.5, 0.6) is 0 Å². The van der Waals surface area contributed by atoms with Gasteiger partial charge in [0.25, 0.3) is 0 Å². The maximum atomic E-state index is 14.0. The number of carboxylic acids is 2. The number of rotatable bonds is 3. The number of carboxylic acid groups (broad SMARTS) is 2. The zero-order valence-corrected chi connectivity index (χ0v) is 15.5. The maximum absolute atomic E-state index is 14.0. The second kappa shape index (κ2) is 8.88. The molecule has 1 aromatic carbocycles. The first-order valence-electron chi connectivity index (χ1n) is 8.19. The standard InChI is InChI=1S/C14H16ClFN2O.C4H4O4/c1-8-7-18(9(2)6-17-8)12-5-11(16)13(15)10-3-4-19-14(10)12;5-3(6)1-2-4(7)8/h3-5,8-9,17H,6-7H2,1-2H3;1-2H,(H,5,6)(H,7,8)/b;2-1+/t8-,9+;/m0./s1. The van der Waals surface area contributed by atoms with Crippen LogP contribution in [-0.4, -0.2) is 47.3 Å². The van der Waals surface area contributed by atoms with Gasteiger partial charge < -0.3 is 24.8 Å². The van der Waals surface area contributed by atoms with E-state index >= 15 is 0 Å². The van der Waals surface area contributed by atoms with Crippen LogP contribution >= 0.6 is 11.6 Å². The number of nitrogens with zero attached hydrogens (tertiary/aromatic N) is 1. The molecule has 0 aliphatic carbocycles. The van der Waals surface area contributed by atoms with Crippen molar-refractivity contribution in [3.8, 4) is 0 Å². The van der Waals surface area contributed by atoms with Crippen molar-refractivity contribution in [2.75, 3.05) is 18.0 Å². The molecule has 1 saturated heterocycles. The van der Waals surface area contributed by atoms with E-state index in [-0.39, 0.29) is 11.1 Å². The smallest absolute Gasteiger partial charge is 0.328 e. The first-order chi connectivity index (χ1) is 12.7. The summed E-state index contributed by atoms with van der Waals surface area (Å²) < 4.78 is 19.5. The third-order valence-corrected chi connectivity index (χ3v) is 4.43. The number of nitrogens with one attached hydrogen (secondary N) is 1. The molecule has 0 unspecified atom stereocenters. The number of hydrogen-bond acceptors (Lipinski definition) is 5. The monoisotopic (exact) mass is 398 g/mol. The van der Waals surface area contributed by atoms with Crippen LogP contribution in [0.1, 0.15) is 13.8 Å². The highest BCUT2D eigenvalue weighted by Crippen LogP contribution is 2.36. The number of hydrogen-bond donors (Lipinski definition) is 3. The van der Waals surface area contributed by atoms with Gasteiger partial charge in [-0.15, -0.1) is 0 Å². The molecule has 1 aliphatic heterocycles. The van der Waals surface area contributed by atoms with Crippen molar-refractivity contribution >= 4 is 40.2 Å². The molecule has 0 bridgehead atoms. The van der Waals surface area contributed by atoms with Crippen molar-refractivity contribution in [2.45, 2.75) is 25.9 Å². The third kappa shape index (κ3) is 5.21. The van der Waals surface area contributed by atoms with Gasteiger partial charge in [0.05, 0.1) is 17.0 Å². The van der Waals surface area contributed by atoms with Gasteiger partial charge in [0, 0.05) is 48.8 Å². The molecular formula is C18H20ClFN2O5. The molecular weight excluding hydrogens is 379 g/mol. The summed E-state index contributed by atoms with van der Waals surface area (Å²) in [5.41, 5.74) is 1.44. The molecule has 2 atom stereocenters. The van der Waals surface area contributed by atoms with Gasteiger partial charge in [-0.25, -0.2) is 14.0 Å². The Hall–Kier alpha value is -2.58. The molecule has 7 nitrogen and oxygen atoms in total. The van der Waals surface area contributed by atoms with Crippen LogP contribution in [0.25, 0.3) is 11.0 Å². The number of carbonyl (C=O) groups is 2. The van der Waals surface area contributed by atoms with Crippen molar-refractivity contribution in [3.05, 3.63) is 41.4 Å². The average Bonchev–Trinajstić information content (AvgIpc) is 3.09. The number of aliphatic carboxylic acids is 2. The van der Waals surface area contributed by atoms with Crippen molar-refractivity contribution in [3.63, 3.8) is 0 Å². The van der Waals surface area contributed by atoms with Gasteiger partial charge in [0.2, 0.25) is 0 Å². The van der Waals surface area contributed by atoms with Crippen LogP contribution in [0.4, 0.5) is 10.1 Å². The van der Waals surface area contributed by atoms with E-state index < -0.39 is 17.8 Å². The highest BCUT2D eigenvalue weighted by atomic mass is 35.5. The summed E-state index contributed by atoms with van der Waals surface area (Å²) in [6.07, 6.45) is 2.67. The fourth-order valence-corrected chi connectivity index (χ4v) is 2.97. The quantitative estimate of drug-likeness (QED) is 0.682. The van der Waals surface area contributed by atoms with Gasteiger partial charge in [-0.05, 0) is 19.9 Å². The molecule has 1 aromatic heterocycles. The van der Waals surface area contributed by atoms with Gasteiger partial charge >= 0.3 is 11.9 Å². The molecule has 2 aromatic rings. The summed E-state index contributed by atoms with van der Waals surface area (Å²) in [6, 6.07) is 3.83. The number of fused-ring (bicyclic) bond motifs is 1. The van der Waals surface area contributed by atoms with Gasteiger partial charge in [-0.2, -0.15) is 0 Å². The van der Waals surface area contributed by atoms with Crippen LogP contribution in [0.15, 0.2) is 35.0 Å². The van der Waals surface area contributed by atoms with E-state index in [4.69, 9.17) is 26.2 Å².